The van der Waals surface area contributed by atoms with E-state index in [2.05, 4.69) is 19.9 Å². The minimum absolute atomic E-state index is 0.131. The third-order valence-electron chi connectivity index (χ3n) is 3.20. The van der Waals surface area contributed by atoms with Gasteiger partial charge in [-0.1, -0.05) is 26.0 Å². The summed E-state index contributed by atoms with van der Waals surface area (Å²) in [5.41, 5.74) is 7.46. The SMILES string of the molecule is COc1cccc2c1SC(C)C(C)C2N. The summed E-state index contributed by atoms with van der Waals surface area (Å²) in [6.07, 6.45) is 0. The van der Waals surface area contributed by atoms with E-state index in [-0.39, 0.29) is 6.04 Å². The van der Waals surface area contributed by atoms with Gasteiger partial charge < -0.3 is 10.5 Å². The fourth-order valence-corrected chi connectivity index (χ4v) is 3.31. The Labute approximate surface area is 95.2 Å². The van der Waals surface area contributed by atoms with Gasteiger partial charge in [0.25, 0.3) is 0 Å². The van der Waals surface area contributed by atoms with E-state index in [9.17, 15) is 0 Å². The lowest BCUT2D eigenvalue weighted by molar-refractivity contribution is 0.393. The van der Waals surface area contributed by atoms with Crippen molar-refractivity contribution in [3.8, 4) is 5.75 Å². The monoisotopic (exact) mass is 223 g/mol. The molecule has 0 bridgehead atoms. The number of methoxy groups -OCH3 is 1. The Balaban J connectivity index is 2.49. The van der Waals surface area contributed by atoms with Crippen molar-refractivity contribution in [1.29, 1.82) is 0 Å². The van der Waals surface area contributed by atoms with Crippen LogP contribution in [-0.2, 0) is 0 Å². The average molecular weight is 223 g/mol. The Kier molecular flexibility index (Phi) is 2.94. The Morgan fingerprint density at radius 2 is 2.07 bits per heavy atom. The average Bonchev–Trinajstić information content (AvgIpc) is 2.25. The van der Waals surface area contributed by atoms with Crippen LogP contribution >= 0.6 is 11.8 Å². The van der Waals surface area contributed by atoms with Gasteiger partial charge in [-0.3, -0.25) is 0 Å². The second-order valence-corrected chi connectivity index (χ2v) is 5.47. The van der Waals surface area contributed by atoms with Gasteiger partial charge in [0.1, 0.15) is 5.75 Å². The van der Waals surface area contributed by atoms with E-state index in [1.807, 2.05) is 23.9 Å². The summed E-state index contributed by atoms with van der Waals surface area (Å²) in [5.74, 6) is 1.46. The summed E-state index contributed by atoms with van der Waals surface area (Å²) in [6, 6.07) is 6.26. The van der Waals surface area contributed by atoms with E-state index >= 15 is 0 Å². The first kappa shape index (κ1) is 10.8. The van der Waals surface area contributed by atoms with Crippen LogP contribution in [0.3, 0.4) is 0 Å². The van der Waals surface area contributed by atoms with Crippen molar-refractivity contribution in [3.05, 3.63) is 23.8 Å². The molecule has 1 heterocycles. The Bertz CT molecular complexity index is 367. The molecule has 15 heavy (non-hydrogen) atoms. The molecule has 0 amide bonds. The van der Waals surface area contributed by atoms with Crippen LogP contribution < -0.4 is 10.5 Å². The molecule has 3 atom stereocenters. The molecule has 0 saturated carbocycles. The third-order valence-corrected chi connectivity index (χ3v) is 4.67. The predicted octanol–water partition coefficient (Wildman–Crippen LogP) is 2.83. The van der Waals surface area contributed by atoms with Crippen LogP contribution in [0.1, 0.15) is 25.5 Å². The molecule has 1 aliphatic rings. The highest BCUT2D eigenvalue weighted by molar-refractivity contribution is 8.00. The van der Waals surface area contributed by atoms with E-state index in [4.69, 9.17) is 10.5 Å². The molecule has 3 unspecified atom stereocenters. The molecule has 3 heteroatoms. The number of benzene rings is 1. The summed E-state index contributed by atoms with van der Waals surface area (Å²) in [6.45, 7) is 4.44. The molecule has 0 aromatic heterocycles. The van der Waals surface area contributed by atoms with Crippen LogP contribution in [0, 0.1) is 5.92 Å². The first-order chi connectivity index (χ1) is 7.15. The summed E-state index contributed by atoms with van der Waals surface area (Å²) >= 11 is 1.87. The van der Waals surface area contributed by atoms with Gasteiger partial charge in [0, 0.05) is 11.3 Å². The Morgan fingerprint density at radius 3 is 2.73 bits per heavy atom. The van der Waals surface area contributed by atoms with Crippen LogP contribution in [0.15, 0.2) is 23.1 Å². The summed E-state index contributed by atoms with van der Waals surface area (Å²) in [7, 11) is 1.71. The molecule has 1 aromatic rings. The van der Waals surface area contributed by atoms with Gasteiger partial charge in [-0.25, -0.2) is 0 Å². The second-order valence-electron chi connectivity index (χ2n) is 4.09. The number of rotatable bonds is 1. The number of fused-ring (bicyclic) bond motifs is 1. The van der Waals surface area contributed by atoms with Gasteiger partial charge in [-0.15, -0.1) is 11.8 Å². The third kappa shape index (κ3) is 1.74. The maximum Gasteiger partial charge on any atom is 0.132 e. The zero-order valence-corrected chi connectivity index (χ0v) is 10.2. The summed E-state index contributed by atoms with van der Waals surface area (Å²) in [5, 5.41) is 0.545. The minimum Gasteiger partial charge on any atom is -0.496 e. The van der Waals surface area contributed by atoms with Crippen LogP contribution in [0.5, 0.6) is 5.75 Å². The molecular formula is C12H17NOS. The van der Waals surface area contributed by atoms with Crippen molar-refractivity contribution in [3.63, 3.8) is 0 Å². The number of nitrogens with two attached hydrogens (primary N) is 1. The van der Waals surface area contributed by atoms with E-state index < -0.39 is 0 Å². The first-order valence-corrected chi connectivity index (χ1v) is 6.12. The van der Waals surface area contributed by atoms with Gasteiger partial charge in [-0.05, 0) is 17.5 Å². The fourth-order valence-electron chi connectivity index (χ4n) is 1.95. The van der Waals surface area contributed by atoms with Crippen molar-refractivity contribution in [2.75, 3.05) is 7.11 Å². The number of hydrogen-bond acceptors (Lipinski definition) is 3. The van der Waals surface area contributed by atoms with Gasteiger partial charge in [0.15, 0.2) is 0 Å². The highest BCUT2D eigenvalue weighted by atomic mass is 32.2. The lowest BCUT2D eigenvalue weighted by Gasteiger charge is -2.33. The molecule has 0 fully saturated rings. The van der Waals surface area contributed by atoms with Crippen LogP contribution in [-0.4, -0.2) is 12.4 Å². The highest BCUT2D eigenvalue weighted by Gasteiger charge is 2.31. The highest BCUT2D eigenvalue weighted by Crippen LogP contribution is 2.46. The molecule has 1 aliphatic heterocycles. The van der Waals surface area contributed by atoms with Crippen molar-refractivity contribution in [2.24, 2.45) is 11.7 Å². The Hall–Kier alpha value is -0.670. The molecular weight excluding hydrogens is 206 g/mol. The predicted molar refractivity (Wildman–Crippen MR) is 64.4 cm³/mol. The normalized spacial score (nSPS) is 29.7. The molecule has 0 saturated heterocycles. The summed E-state index contributed by atoms with van der Waals surface area (Å²) < 4.78 is 5.37. The number of ether oxygens (including phenoxy) is 1. The van der Waals surface area contributed by atoms with Crippen molar-refractivity contribution in [2.45, 2.75) is 30.0 Å². The van der Waals surface area contributed by atoms with Crippen LogP contribution in [0.4, 0.5) is 0 Å². The second kappa shape index (κ2) is 4.06. The number of hydrogen-bond donors (Lipinski definition) is 1. The molecule has 2 rings (SSSR count). The lowest BCUT2D eigenvalue weighted by Crippen LogP contribution is -2.30. The van der Waals surface area contributed by atoms with Crippen molar-refractivity contribution >= 4 is 11.8 Å². The standard InChI is InChI=1S/C12H17NOS/c1-7-8(2)15-12-9(11(7)13)5-4-6-10(12)14-3/h4-8,11H,13H2,1-3H3. The molecule has 0 spiro atoms. The van der Waals surface area contributed by atoms with E-state index in [0.717, 1.165) is 5.75 Å². The van der Waals surface area contributed by atoms with Crippen LogP contribution in [0.2, 0.25) is 0 Å². The van der Waals surface area contributed by atoms with Gasteiger partial charge in [-0.2, -0.15) is 0 Å². The molecule has 0 aliphatic carbocycles. The van der Waals surface area contributed by atoms with Crippen molar-refractivity contribution in [1.82, 2.24) is 0 Å². The van der Waals surface area contributed by atoms with Gasteiger partial charge >= 0.3 is 0 Å². The smallest absolute Gasteiger partial charge is 0.132 e. The quantitative estimate of drug-likeness (QED) is 0.795. The summed E-state index contributed by atoms with van der Waals surface area (Å²) in [4.78, 5) is 1.22. The molecule has 0 radical (unpaired) electrons. The molecule has 1 aromatic carbocycles. The van der Waals surface area contributed by atoms with Crippen LogP contribution in [0.25, 0.3) is 0 Å². The maximum atomic E-state index is 6.23. The van der Waals surface area contributed by atoms with E-state index in [1.54, 1.807) is 7.11 Å². The van der Waals surface area contributed by atoms with Gasteiger partial charge in [0.2, 0.25) is 0 Å². The zero-order valence-electron chi connectivity index (χ0n) is 9.36. The maximum absolute atomic E-state index is 6.23. The van der Waals surface area contributed by atoms with Gasteiger partial charge in [0.05, 0.1) is 12.0 Å². The lowest BCUT2D eigenvalue weighted by atomic mass is 9.92. The minimum atomic E-state index is 0.131. The first-order valence-electron chi connectivity index (χ1n) is 5.24. The molecule has 2 N–H and O–H groups in total. The van der Waals surface area contributed by atoms with E-state index in [1.165, 1.54) is 10.5 Å². The Morgan fingerprint density at radius 1 is 1.33 bits per heavy atom. The molecule has 2 nitrogen and oxygen atoms in total. The topological polar surface area (TPSA) is 35.2 Å². The fraction of sp³-hybridized carbons (Fsp3) is 0.500. The van der Waals surface area contributed by atoms with E-state index in [0.29, 0.717) is 11.2 Å². The van der Waals surface area contributed by atoms with Crippen molar-refractivity contribution < 1.29 is 4.74 Å². The number of thioether (sulfide) groups is 1. The zero-order chi connectivity index (χ0) is 11.0. The molecule has 82 valence electrons. The largest absolute Gasteiger partial charge is 0.496 e.